The van der Waals surface area contributed by atoms with Gasteiger partial charge in [0.05, 0.1) is 0 Å². The van der Waals surface area contributed by atoms with Crippen molar-refractivity contribution in [1.29, 1.82) is 0 Å². The molecule has 0 aromatic carbocycles. The highest BCUT2D eigenvalue weighted by molar-refractivity contribution is 4.83. The van der Waals surface area contributed by atoms with Crippen LogP contribution in [0.15, 0.2) is 0 Å². The third-order valence-electron chi connectivity index (χ3n) is 3.84. The van der Waals surface area contributed by atoms with Crippen molar-refractivity contribution in [2.75, 3.05) is 0 Å². The van der Waals surface area contributed by atoms with Crippen LogP contribution < -0.4 is 0 Å². The van der Waals surface area contributed by atoms with Crippen LogP contribution in [0.25, 0.3) is 0 Å². The molecular weight excluding hydrogens is 156 g/mol. The van der Waals surface area contributed by atoms with Gasteiger partial charge in [0.15, 0.2) is 0 Å². The van der Waals surface area contributed by atoms with E-state index in [0.717, 1.165) is 17.8 Å². The number of rotatable bonds is 6. The zero-order valence-electron chi connectivity index (χ0n) is 9.68. The quantitative estimate of drug-likeness (QED) is 0.561. The molecule has 0 aromatic heterocycles. The predicted octanol–water partition coefficient (Wildman–Crippen LogP) is 4.64. The number of hydrogen-bond acceptors (Lipinski definition) is 0. The Balaban J connectivity index is 2.22. The first-order valence-corrected chi connectivity index (χ1v) is 6.31. The molecule has 0 saturated heterocycles. The second-order valence-corrected chi connectivity index (χ2v) is 4.84. The van der Waals surface area contributed by atoms with Crippen molar-refractivity contribution >= 4 is 0 Å². The third kappa shape index (κ3) is 3.00. The molecule has 0 radical (unpaired) electrons. The average Bonchev–Trinajstić information content (AvgIpc) is 2.03. The molecule has 0 bridgehead atoms. The minimum atomic E-state index is 1.07. The molecule has 0 N–H and O–H groups in total. The molecule has 1 rings (SSSR count). The summed E-state index contributed by atoms with van der Waals surface area (Å²) in [6.45, 7) is 7.01. The van der Waals surface area contributed by atoms with Crippen molar-refractivity contribution < 1.29 is 0 Å². The largest absolute Gasteiger partial charge is 0.0654 e. The highest BCUT2D eigenvalue weighted by Crippen LogP contribution is 2.43. The van der Waals surface area contributed by atoms with Gasteiger partial charge in [-0.1, -0.05) is 52.9 Å². The van der Waals surface area contributed by atoms with Gasteiger partial charge >= 0.3 is 0 Å². The summed E-state index contributed by atoms with van der Waals surface area (Å²) >= 11 is 0. The Kier molecular flexibility index (Phi) is 4.83. The van der Waals surface area contributed by atoms with Crippen molar-refractivity contribution in [2.45, 2.75) is 65.7 Å². The Bertz CT molecular complexity index is 116. The second-order valence-electron chi connectivity index (χ2n) is 4.84. The summed E-state index contributed by atoms with van der Waals surface area (Å²) in [6.07, 6.45) is 10.2. The normalized spacial score (nSPS) is 27.7. The second kappa shape index (κ2) is 5.67. The van der Waals surface area contributed by atoms with Crippen molar-refractivity contribution in [3.05, 3.63) is 0 Å². The summed E-state index contributed by atoms with van der Waals surface area (Å²) in [5.74, 6) is 3.25. The topological polar surface area (TPSA) is 0 Å². The summed E-state index contributed by atoms with van der Waals surface area (Å²) < 4.78 is 0. The van der Waals surface area contributed by atoms with Crippen LogP contribution in [-0.2, 0) is 0 Å². The van der Waals surface area contributed by atoms with E-state index in [0.29, 0.717) is 0 Å². The maximum atomic E-state index is 2.34. The summed E-state index contributed by atoms with van der Waals surface area (Å²) in [5.41, 5.74) is 0. The minimum absolute atomic E-state index is 1.07. The molecule has 0 heteroatoms. The van der Waals surface area contributed by atoms with Crippen LogP contribution in [0.4, 0.5) is 0 Å². The fraction of sp³-hybridized carbons (Fsp3) is 1.00. The lowest BCUT2D eigenvalue weighted by molar-refractivity contribution is 0.107. The van der Waals surface area contributed by atoms with Gasteiger partial charge in [0.25, 0.3) is 0 Å². The van der Waals surface area contributed by atoms with Gasteiger partial charge in [-0.2, -0.15) is 0 Å². The lowest BCUT2D eigenvalue weighted by Crippen LogP contribution is -2.29. The van der Waals surface area contributed by atoms with Crippen molar-refractivity contribution in [3.63, 3.8) is 0 Å². The van der Waals surface area contributed by atoms with Gasteiger partial charge in [-0.15, -0.1) is 0 Å². The Morgan fingerprint density at radius 3 is 1.92 bits per heavy atom. The molecule has 0 atom stereocenters. The molecule has 0 spiro atoms. The van der Waals surface area contributed by atoms with Crippen LogP contribution in [0.5, 0.6) is 0 Å². The van der Waals surface area contributed by atoms with Crippen LogP contribution in [0.3, 0.4) is 0 Å². The first kappa shape index (κ1) is 11.1. The van der Waals surface area contributed by atoms with Gasteiger partial charge in [0.1, 0.15) is 0 Å². The van der Waals surface area contributed by atoms with E-state index in [1.54, 1.807) is 12.8 Å². The summed E-state index contributed by atoms with van der Waals surface area (Å²) in [7, 11) is 0. The first-order chi connectivity index (χ1) is 6.31. The van der Waals surface area contributed by atoms with Crippen LogP contribution >= 0.6 is 0 Å². The lowest BCUT2D eigenvalue weighted by Gasteiger charge is -2.40. The molecule has 0 aromatic rings. The first-order valence-electron chi connectivity index (χ1n) is 6.31. The monoisotopic (exact) mass is 182 g/mol. The molecule has 0 aliphatic heterocycles. The smallest absolute Gasteiger partial charge is 0.0381 e. The van der Waals surface area contributed by atoms with Gasteiger partial charge in [-0.05, 0) is 30.6 Å². The highest BCUT2D eigenvalue weighted by Gasteiger charge is 2.32. The maximum absolute atomic E-state index is 2.34. The molecule has 1 fully saturated rings. The fourth-order valence-corrected chi connectivity index (χ4v) is 2.86. The van der Waals surface area contributed by atoms with Crippen molar-refractivity contribution in [2.24, 2.45) is 17.8 Å². The molecule has 0 nitrogen and oxygen atoms in total. The molecule has 1 aliphatic carbocycles. The van der Waals surface area contributed by atoms with E-state index >= 15 is 0 Å². The fourth-order valence-electron chi connectivity index (χ4n) is 2.86. The van der Waals surface area contributed by atoms with E-state index in [1.165, 1.54) is 32.1 Å². The maximum Gasteiger partial charge on any atom is -0.0381 e. The van der Waals surface area contributed by atoms with E-state index in [4.69, 9.17) is 0 Å². The zero-order chi connectivity index (χ0) is 9.68. The van der Waals surface area contributed by atoms with E-state index in [2.05, 4.69) is 20.8 Å². The van der Waals surface area contributed by atoms with Gasteiger partial charge < -0.3 is 0 Å². The van der Waals surface area contributed by atoms with Crippen molar-refractivity contribution in [1.82, 2.24) is 0 Å². The van der Waals surface area contributed by atoms with E-state index < -0.39 is 0 Å². The third-order valence-corrected chi connectivity index (χ3v) is 3.84. The highest BCUT2D eigenvalue weighted by atomic mass is 14.4. The van der Waals surface area contributed by atoms with E-state index in [9.17, 15) is 0 Å². The summed E-state index contributed by atoms with van der Waals surface area (Å²) in [6, 6.07) is 0. The van der Waals surface area contributed by atoms with Gasteiger partial charge in [0.2, 0.25) is 0 Å². The average molecular weight is 182 g/mol. The molecule has 0 unspecified atom stereocenters. The molecule has 1 saturated carbocycles. The summed E-state index contributed by atoms with van der Waals surface area (Å²) in [4.78, 5) is 0. The Morgan fingerprint density at radius 1 is 1.00 bits per heavy atom. The van der Waals surface area contributed by atoms with E-state index in [1.807, 2.05) is 0 Å². The molecule has 0 heterocycles. The van der Waals surface area contributed by atoms with Crippen LogP contribution in [0, 0.1) is 17.8 Å². The van der Waals surface area contributed by atoms with E-state index in [-0.39, 0.29) is 0 Å². The lowest BCUT2D eigenvalue weighted by atomic mass is 9.65. The molecular formula is C13H26. The molecule has 78 valence electrons. The standard InChI is InChI=1S/C13H26/c1-4-7-12(8-5-2)13-9-11(6-3)10-13/h11-13H,4-10H2,1-3H3. The Morgan fingerprint density at radius 2 is 1.54 bits per heavy atom. The van der Waals surface area contributed by atoms with Gasteiger partial charge in [0, 0.05) is 0 Å². The Labute approximate surface area is 84.1 Å². The predicted molar refractivity (Wildman–Crippen MR) is 59.8 cm³/mol. The van der Waals surface area contributed by atoms with Crippen molar-refractivity contribution in [3.8, 4) is 0 Å². The summed E-state index contributed by atoms with van der Waals surface area (Å²) in [5, 5.41) is 0. The minimum Gasteiger partial charge on any atom is -0.0654 e. The molecule has 0 amide bonds. The van der Waals surface area contributed by atoms with Crippen LogP contribution in [0.1, 0.15) is 65.7 Å². The number of hydrogen-bond donors (Lipinski definition) is 0. The van der Waals surface area contributed by atoms with Gasteiger partial charge in [-0.3, -0.25) is 0 Å². The molecule has 13 heavy (non-hydrogen) atoms. The zero-order valence-corrected chi connectivity index (χ0v) is 9.68. The van der Waals surface area contributed by atoms with Gasteiger partial charge in [-0.25, -0.2) is 0 Å². The Hall–Kier alpha value is 0. The SMILES string of the molecule is CCCC(CCC)C1CC(CC)C1. The molecule has 1 aliphatic rings. The van der Waals surface area contributed by atoms with Crippen LogP contribution in [0.2, 0.25) is 0 Å². The van der Waals surface area contributed by atoms with Crippen LogP contribution in [-0.4, -0.2) is 0 Å².